The number of benzene rings is 1. The molecular formula is C19H27Cl2N3O3. The highest BCUT2D eigenvalue weighted by atomic mass is 35.5. The van der Waals surface area contributed by atoms with E-state index in [1.165, 1.54) is 11.8 Å². The molecule has 1 amide bonds. The van der Waals surface area contributed by atoms with Crippen LogP contribution in [0.15, 0.2) is 41.0 Å². The van der Waals surface area contributed by atoms with Crippen LogP contribution in [0.1, 0.15) is 34.2 Å². The first-order valence-electron chi connectivity index (χ1n) is 8.61. The average molecular weight is 416 g/mol. The number of hydrogen-bond acceptors (Lipinski definition) is 5. The molecule has 27 heavy (non-hydrogen) atoms. The van der Waals surface area contributed by atoms with Gasteiger partial charge in [-0.2, -0.15) is 0 Å². The molecule has 6 nitrogen and oxygen atoms in total. The summed E-state index contributed by atoms with van der Waals surface area (Å²) >= 11 is 0. The third-order valence-corrected chi connectivity index (χ3v) is 4.29. The Balaban J connectivity index is 0.00000182. The second-order valence-electron chi connectivity index (χ2n) is 6.42. The van der Waals surface area contributed by atoms with Gasteiger partial charge in [-0.15, -0.1) is 24.8 Å². The van der Waals surface area contributed by atoms with Crippen molar-refractivity contribution in [2.24, 2.45) is 5.73 Å². The fraction of sp³-hybridized carbons (Fsp3) is 0.421. The van der Waals surface area contributed by atoms with Crippen LogP contribution in [-0.4, -0.2) is 36.6 Å². The summed E-state index contributed by atoms with van der Waals surface area (Å²) in [5.41, 5.74) is 8.32. The maximum Gasteiger partial charge on any atom is 0.254 e. The van der Waals surface area contributed by atoms with E-state index in [2.05, 4.69) is 29.3 Å². The minimum atomic E-state index is -0.157. The molecule has 0 bridgehead atoms. The molecule has 1 aliphatic heterocycles. The monoisotopic (exact) mass is 415 g/mol. The van der Waals surface area contributed by atoms with Crippen LogP contribution >= 0.6 is 24.8 Å². The number of ether oxygens (including phenoxy) is 1. The first-order chi connectivity index (χ1) is 12.1. The van der Waals surface area contributed by atoms with E-state index in [4.69, 9.17) is 14.9 Å². The number of halogens is 2. The van der Waals surface area contributed by atoms with Crippen molar-refractivity contribution in [3.63, 3.8) is 0 Å². The second-order valence-corrected chi connectivity index (χ2v) is 6.42. The van der Waals surface area contributed by atoms with Gasteiger partial charge in [-0.1, -0.05) is 24.3 Å². The molecule has 1 fully saturated rings. The first kappa shape index (κ1) is 23.5. The Hall–Kier alpha value is -1.57. The van der Waals surface area contributed by atoms with Gasteiger partial charge in [-0.3, -0.25) is 9.69 Å². The minimum absolute atomic E-state index is 0. The Morgan fingerprint density at radius 3 is 2.78 bits per heavy atom. The van der Waals surface area contributed by atoms with E-state index in [-0.39, 0.29) is 43.4 Å². The van der Waals surface area contributed by atoms with E-state index in [1.54, 1.807) is 6.07 Å². The fourth-order valence-electron chi connectivity index (χ4n) is 3.02. The lowest BCUT2D eigenvalue weighted by Crippen LogP contribution is -2.40. The molecule has 1 atom stereocenters. The summed E-state index contributed by atoms with van der Waals surface area (Å²) in [6.45, 7) is 6.46. The van der Waals surface area contributed by atoms with Crippen LogP contribution < -0.4 is 11.1 Å². The van der Waals surface area contributed by atoms with Crippen LogP contribution in [0.2, 0.25) is 0 Å². The SMILES string of the molecule is CC1CN(Cc2cccc(CNC(=O)c3coc(CN)c3)c2)CCO1.Cl.Cl. The Labute approximate surface area is 172 Å². The van der Waals surface area contributed by atoms with Crippen molar-refractivity contribution >= 4 is 30.7 Å². The topological polar surface area (TPSA) is 80.7 Å². The highest BCUT2D eigenvalue weighted by Crippen LogP contribution is 2.13. The van der Waals surface area contributed by atoms with Crippen molar-refractivity contribution in [2.45, 2.75) is 32.7 Å². The van der Waals surface area contributed by atoms with Crippen molar-refractivity contribution in [3.8, 4) is 0 Å². The van der Waals surface area contributed by atoms with Gasteiger partial charge in [-0.25, -0.2) is 0 Å². The molecule has 1 aliphatic rings. The lowest BCUT2D eigenvalue weighted by molar-refractivity contribution is -0.0212. The molecule has 3 N–H and O–H groups in total. The largest absolute Gasteiger partial charge is 0.467 e. The van der Waals surface area contributed by atoms with Crippen molar-refractivity contribution in [3.05, 3.63) is 59.0 Å². The smallest absolute Gasteiger partial charge is 0.254 e. The minimum Gasteiger partial charge on any atom is -0.467 e. The van der Waals surface area contributed by atoms with Crippen LogP contribution in [0.3, 0.4) is 0 Å². The lowest BCUT2D eigenvalue weighted by atomic mass is 10.1. The summed E-state index contributed by atoms with van der Waals surface area (Å²) in [6.07, 6.45) is 1.72. The van der Waals surface area contributed by atoms with Crippen LogP contribution in [-0.2, 0) is 24.4 Å². The highest BCUT2D eigenvalue weighted by Gasteiger charge is 2.16. The summed E-state index contributed by atoms with van der Waals surface area (Å²) < 4.78 is 10.8. The summed E-state index contributed by atoms with van der Waals surface area (Å²) in [6, 6.07) is 9.99. The summed E-state index contributed by atoms with van der Waals surface area (Å²) in [5, 5.41) is 2.92. The van der Waals surface area contributed by atoms with Crippen LogP contribution in [0, 0.1) is 0 Å². The van der Waals surface area contributed by atoms with Gasteiger partial charge >= 0.3 is 0 Å². The van der Waals surface area contributed by atoms with Crippen LogP contribution in [0.25, 0.3) is 0 Å². The van der Waals surface area contributed by atoms with E-state index < -0.39 is 0 Å². The van der Waals surface area contributed by atoms with E-state index in [0.29, 0.717) is 17.9 Å². The van der Waals surface area contributed by atoms with Crippen molar-refractivity contribution in [1.29, 1.82) is 0 Å². The molecule has 1 saturated heterocycles. The zero-order chi connectivity index (χ0) is 17.6. The molecule has 1 unspecified atom stereocenters. The highest BCUT2D eigenvalue weighted by molar-refractivity contribution is 5.93. The van der Waals surface area contributed by atoms with Gasteiger partial charge in [0.25, 0.3) is 5.91 Å². The number of amides is 1. The number of nitrogens with zero attached hydrogens (tertiary/aromatic N) is 1. The number of hydrogen-bond donors (Lipinski definition) is 2. The third kappa shape index (κ3) is 6.83. The summed E-state index contributed by atoms with van der Waals surface area (Å²) in [4.78, 5) is 14.5. The molecule has 8 heteroatoms. The zero-order valence-electron chi connectivity index (χ0n) is 15.3. The Morgan fingerprint density at radius 1 is 1.30 bits per heavy atom. The standard InChI is InChI=1S/C19H25N3O3.2ClH/c1-14-11-22(5-6-24-14)12-16-4-2-3-15(7-16)10-21-19(23)17-8-18(9-20)25-13-17;;/h2-4,7-8,13-14H,5-6,9-12,20H2,1H3,(H,21,23);2*1H. The van der Waals surface area contributed by atoms with Crippen molar-refractivity contribution in [1.82, 2.24) is 10.2 Å². The maximum absolute atomic E-state index is 12.2. The number of carbonyl (C=O) groups is 1. The molecule has 0 spiro atoms. The molecule has 0 radical (unpaired) electrons. The van der Waals surface area contributed by atoms with Gasteiger partial charge in [-0.05, 0) is 24.1 Å². The number of nitrogens with one attached hydrogen (secondary N) is 1. The van der Waals surface area contributed by atoms with Gasteiger partial charge in [0.15, 0.2) is 0 Å². The van der Waals surface area contributed by atoms with Crippen LogP contribution in [0.5, 0.6) is 0 Å². The molecule has 2 aromatic rings. The normalized spacial score (nSPS) is 16.9. The molecular weight excluding hydrogens is 389 g/mol. The Bertz CT molecular complexity index is 724. The quantitative estimate of drug-likeness (QED) is 0.757. The van der Waals surface area contributed by atoms with Crippen LogP contribution in [0.4, 0.5) is 0 Å². The van der Waals surface area contributed by atoms with E-state index >= 15 is 0 Å². The predicted octanol–water partition coefficient (Wildman–Crippen LogP) is 2.73. The molecule has 2 heterocycles. The molecule has 3 rings (SSSR count). The summed E-state index contributed by atoms with van der Waals surface area (Å²) in [7, 11) is 0. The van der Waals surface area contributed by atoms with E-state index in [0.717, 1.165) is 31.8 Å². The van der Waals surface area contributed by atoms with Gasteiger partial charge in [0, 0.05) is 26.2 Å². The van der Waals surface area contributed by atoms with Crippen molar-refractivity contribution in [2.75, 3.05) is 19.7 Å². The van der Waals surface area contributed by atoms with Gasteiger partial charge in [0.2, 0.25) is 0 Å². The molecule has 1 aromatic heterocycles. The van der Waals surface area contributed by atoms with Gasteiger partial charge in [0.05, 0.1) is 24.8 Å². The maximum atomic E-state index is 12.2. The molecule has 150 valence electrons. The Kier molecular flexibility index (Phi) is 9.83. The fourth-order valence-corrected chi connectivity index (χ4v) is 3.02. The lowest BCUT2D eigenvalue weighted by Gasteiger charge is -2.31. The third-order valence-electron chi connectivity index (χ3n) is 4.29. The number of furan rings is 1. The Morgan fingerprint density at radius 2 is 2.07 bits per heavy atom. The average Bonchev–Trinajstić information content (AvgIpc) is 3.09. The number of rotatable bonds is 6. The second kappa shape index (κ2) is 11.3. The van der Waals surface area contributed by atoms with Gasteiger partial charge in [0.1, 0.15) is 12.0 Å². The summed E-state index contributed by atoms with van der Waals surface area (Å²) in [5.74, 6) is 0.447. The molecule has 1 aromatic carbocycles. The van der Waals surface area contributed by atoms with Crippen molar-refractivity contribution < 1.29 is 13.9 Å². The molecule has 0 aliphatic carbocycles. The number of morpholine rings is 1. The predicted molar refractivity (Wildman–Crippen MR) is 109 cm³/mol. The van der Waals surface area contributed by atoms with E-state index in [1.807, 2.05) is 12.1 Å². The molecule has 0 saturated carbocycles. The first-order valence-corrected chi connectivity index (χ1v) is 8.61. The number of nitrogens with two attached hydrogens (primary N) is 1. The number of carbonyl (C=O) groups excluding carboxylic acids is 1. The van der Waals surface area contributed by atoms with E-state index in [9.17, 15) is 4.79 Å². The van der Waals surface area contributed by atoms with Gasteiger partial charge < -0.3 is 20.2 Å². The zero-order valence-corrected chi connectivity index (χ0v) is 17.0.